The molecule has 192 valence electrons. The van der Waals surface area contributed by atoms with Gasteiger partial charge in [-0.1, -0.05) is 12.5 Å². The zero-order chi connectivity index (χ0) is 26.7. The number of nitrogens with one attached hydrogen (secondary N) is 1. The van der Waals surface area contributed by atoms with Crippen LogP contribution in [0.3, 0.4) is 0 Å². The molecule has 0 aliphatic carbocycles. The molecule has 1 aliphatic rings. The van der Waals surface area contributed by atoms with E-state index in [4.69, 9.17) is 17.5 Å². The number of carboxylic acids is 1. The number of halogens is 4. The van der Waals surface area contributed by atoms with Gasteiger partial charge >= 0.3 is 12.1 Å². The molecule has 2 N–H and O–H groups in total. The van der Waals surface area contributed by atoms with Crippen LogP contribution < -0.4 is 10.2 Å². The molecule has 11 heteroatoms. The van der Waals surface area contributed by atoms with E-state index in [0.29, 0.717) is 12.1 Å². The summed E-state index contributed by atoms with van der Waals surface area (Å²) in [5, 5.41) is 21.2. The van der Waals surface area contributed by atoms with Crippen molar-refractivity contribution in [3.8, 4) is 6.07 Å². The molecular weight excluding hydrogens is 496 g/mol. The van der Waals surface area contributed by atoms with Gasteiger partial charge in [-0.2, -0.15) is 18.4 Å². The number of anilines is 2. The van der Waals surface area contributed by atoms with Crippen molar-refractivity contribution in [3.05, 3.63) is 58.9 Å². The number of piperidine rings is 1. The fourth-order valence-electron chi connectivity index (χ4n) is 4.08. The summed E-state index contributed by atoms with van der Waals surface area (Å²) in [7, 11) is 0. The highest BCUT2D eigenvalue weighted by Crippen LogP contribution is 2.34. The molecule has 0 atom stereocenters. The number of carboxylic acid groups (broad SMARTS) is 1. The van der Waals surface area contributed by atoms with Crippen molar-refractivity contribution in [2.24, 2.45) is 0 Å². The van der Waals surface area contributed by atoms with Gasteiger partial charge in [0.2, 0.25) is 0 Å². The van der Waals surface area contributed by atoms with Gasteiger partial charge in [-0.3, -0.25) is 4.90 Å². The minimum Gasteiger partial charge on any atom is -0.480 e. The Bertz CT molecular complexity index is 1190. The Hall–Kier alpha value is -3.23. The second-order valence-corrected chi connectivity index (χ2v) is 9.50. The molecule has 6 nitrogen and oxygen atoms in total. The second kappa shape index (κ2) is 10.8. The Morgan fingerprint density at radius 1 is 1.17 bits per heavy atom. The SMILES string of the molecule is CC(C)(C(=O)O)N(C(=S)Nc1ccc(C#N)c(C(F)(F)F)c1)c1ccc(CN2CCCCC2)c(F)c1. The normalized spacial score (nSPS) is 14.7. The van der Waals surface area contributed by atoms with E-state index >= 15 is 4.39 Å². The Kier molecular flexibility index (Phi) is 8.21. The Labute approximate surface area is 212 Å². The molecule has 36 heavy (non-hydrogen) atoms. The number of hydrogen-bond acceptors (Lipinski definition) is 4. The van der Waals surface area contributed by atoms with E-state index in [1.807, 2.05) is 0 Å². The highest BCUT2D eigenvalue weighted by atomic mass is 32.1. The summed E-state index contributed by atoms with van der Waals surface area (Å²) in [6.07, 6.45) is -1.54. The van der Waals surface area contributed by atoms with Gasteiger partial charge < -0.3 is 15.3 Å². The van der Waals surface area contributed by atoms with Gasteiger partial charge in [0.05, 0.1) is 17.2 Å². The molecule has 2 aromatic carbocycles. The summed E-state index contributed by atoms with van der Waals surface area (Å²) < 4.78 is 55.2. The van der Waals surface area contributed by atoms with Crippen LogP contribution in [0.15, 0.2) is 36.4 Å². The summed E-state index contributed by atoms with van der Waals surface area (Å²) in [6.45, 7) is 4.86. The fraction of sp³-hybridized carbons (Fsp3) is 0.400. The number of nitriles is 1. The number of carbonyl (C=O) groups is 1. The Balaban J connectivity index is 1.94. The molecule has 0 bridgehead atoms. The van der Waals surface area contributed by atoms with Crippen LogP contribution in [0.5, 0.6) is 0 Å². The summed E-state index contributed by atoms with van der Waals surface area (Å²) in [4.78, 5) is 15.4. The van der Waals surface area contributed by atoms with E-state index in [9.17, 15) is 23.1 Å². The number of likely N-dealkylation sites (tertiary alicyclic amines) is 1. The standard InChI is InChI=1S/C25H26F4N4O2S/c1-24(2,22(34)35)33(19-9-7-17(21(26)13-19)15-32-10-4-3-5-11-32)23(36)31-18-8-6-16(14-30)20(12-18)25(27,28)29/h6-9,12-13H,3-5,10-11,15H2,1-2H3,(H,31,36)(H,34,35). The van der Waals surface area contributed by atoms with Crippen molar-refractivity contribution in [1.29, 1.82) is 5.26 Å². The van der Waals surface area contributed by atoms with Crippen molar-refractivity contribution in [2.75, 3.05) is 23.3 Å². The quantitative estimate of drug-likeness (QED) is 0.368. The average Bonchev–Trinajstić information content (AvgIpc) is 2.80. The van der Waals surface area contributed by atoms with Gasteiger partial charge in [-0.15, -0.1) is 0 Å². The van der Waals surface area contributed by atoms with E-state index < -0.39 is 34.6 Å². The first-order chi connectivity index (χ1) is 16.8. The number of hydrogen-bond donors (Lipinski definition) is 2. The van der Waals surface area contributed by atoms with Crippen LogP contribution in [-0.2, 0) is 17.5 Å². The van der Waals surface area contributed by atoms with Crippen LogP contribution >= 0.6 is 12.2 Å². The van der Waals surface area contributed by atoms with Crippen LogP contribution in [0.2, 0.25) is 0 Å². The fourth-order valence-corrected chi connectivity index (χ4v) is 4.54. The number of aliphatic carboxylic acids is 1. The van der Waals surface area contributed by atoms with Crippen LogP contribution in [0.4, 0.5) is 28.9 Å². The van der Waals surface area contributed by atoms with E-state index in [1.165, 1.54) is 32.0 Å². The van der Waals surface area contributed by atoms with Gasteiger partial charge in [-0.25, -0.2) is 9.18 Å². The molecule has 0 saturated carbocycles. The lowest BCUT2D eigenvalue weighted by molar-refractivity contribution is -0.141. The van der Waals surface area contributed by atoms with Gasteiger partial charge in [0, 0.05) is 23.5 Å². The molecule has 3 rings (SSSR count). The maximum absolute atomic E-state index is 15.1. The maximum atomic E-state index is 15.1. The predicted molar refractivity (Wildman–Crippen MR) is 132 cm³/mol. The van der Waals surface area contributed by atoms with Gasteiger partial charge in [0.15, 0.2) is 5.11 Å². The van der Waals surface area contributed by atoms with Crippen molar-refractivity contribution in [2.45, 2.75) is 51.4 Å². The van der Waals surface area contributed by atoms with Crippen molar-refractivity contribution >= 4 is 34.7 Å². The average molecular weight is 523 g/mol. The van der Waals surface area contributed by atoms with E-state index in [-0.39, 0.29) is 16.5 Å². The molecule has 2 aromatic rings. The van der Waals surface area contributed by atoms with Crippen LogP contribution in [0, 0.1) is 17.1 Å². The minimum atomic E-state index is -4.78. The third-order valence-corrected chi connectivity index (χ3v) is 6.40. The lowest BCUT2D eigenvalue weighted by Gasteiger charge is -2.37. The number of nitrogens with zero attached hydrogens (tertiary/aromatic N) is 3. The number of benzene rings is 2. The molecule has 1 heterocycles. The second-order valence-electron chi connectivity index (χ2n) is 9.11. The highest BCUT2D eigenvalue weighted by molar-refractivity contribution is 7.80. The van der Waals surface area contributed by atoms with Crippen molar-refractivity contribution in [1.82, 2.24) is 4.90 Å². The lowest BCUT2D eigenvalue weighted by atomic mass is 10.0. The lowest BCUT2D eigenvalue weighted by Crippen LogP contribution is -2.55. The molecule has 1 fully saturated rings. The first kappa shape index (κ1) is 27.4. The minimum absolute atomic E-state index is 0.0975. The molecule has 0 radical (unpaired) electrons. The first-order valence-electron chi connectivity index (χ1n) is 11.3. The zero-order valence-electron chi connectivity index (χ0n) is 19.8. The van der Waals surface area contributed by atoms with Gasteiger partial charge in [0.1, 0.15) is 11.4 Å². The van der Waals surface area contributed by atoms with Crippen molar-refractivity contribution < 1.29 is 27.5 Å². The molecule has 1 aliphatic heterocycles. The molecule has 1 saturated heterocycles. The maximum Gasteiger partial charge on any atom is 0.417 e. The molecule has 0 amide bonds. The number of rotatable bonds is 6. The molecular formula is C25H26F4N4O2S. The van der Waals surface area contributed by atoms with Crippen molar-refractivity contribution in [3.63, 3.8) is 0 Å². The van der Waals surface area contributed by atoms with Crippen LogP contribution in [0.1, 0.15) is 49.8 Å². The summed E-state index contributed by atoms with van der Waals surface area (Å²) in [5.74, 6) is -1.81. The van der Waals surface area contributed by atoms with Crippen LogP contribution in [0.25, 0.3) is 0 Å². The smallest absolute Gasteiger partial charge is 0.417 e. The Morgan fingerprint density at radius 3 is 2.39 bits per heavy atom. The van der Waals surface area contributed by atoms with Crippen LogP contribution in [-0.4, -0.2) is 39.7 Å². The highest BCUT2D eigenvalue weighted by Gasteiger charge is 2.38. The summed E-state index contributed by atoms with van der Waals surface area (Å²) >= 11 is 5.39. The van der Waals surface area contributed by atoms with E-state index in [1.54, 1.807) is 12.1 Å². The third kappa shape index (κ3) is 6.12. The third-order valence-electron chi connectivity index (χ3n) is 6.12. The molecule has 0 aromatic heterocycles. The number of alkyl halides is 3. The topological polar surface area (TPSA) is 79.6 Å². The molecule has 0 unspecified atom stereocenters. The zero-order valence-corrected chi connectivity index (χ0v) is 20.6. The first-order valence-corrected chi connectivity index (χ1v) is 11.7. The Morgan fingerprint density at radius 2 is 1.83 bits per heavy atom. The largest absolute Gasteiger partial charge is 0.480 e. The summed E-state index contributed by atoms with van der Waals surface area (Å²) in [5.41, 5.74) is -2.91. The number of thiocarbonyl (C=S) groups is 1. The monoisotopic (exact) mass is 522 g/mol. The van der Waals surface area contributed by atoms with E-state index in [0.717, 1.165) is 49.4 Å². The molecule has 0 spiro atoms. The van der Waals surface area contributed by atoms with E-state index in [2.05, 4.69) is 10.2 Å². The summed E-state index contributed by atoms with van der Waals surface area (Å²) in [6, 6.07) is 8.73. The predicted octanol–water partition coefficient (Wildman–Crippen LogP) is 5.77. The van der Waals surface area contributed by atoms with Gasteiger partial charge in [0.25, 0.3) is 0 Å². The van der Waals surface area contributed by atoms with Gasteiger partial charge in [-0.05, 0) is 82.3 Å².